The van der Waals surface area contributed by atoms with E-state index < -0.39 is 0 Å². The van der Waals surface area contributed by atoms with Gasteiger partial charge in [0.05, 0.1) is 0 Å². The third-order valence-electron chi connectivity index (χ3n) is 5.97. The number of nitrogens with zero attached hydrogens (tertiary/aromatic N) is 2. The van der Waals surface area contributed by atoms with Crippen LogP contribution in [-0.4, -0.2) is 37.0 Å². The molecule has 0 bridgehead atoms. The summed E-state index contributed by atoms with van der Waals surface area (Å²) in [6.07, 6.45) is 9.22. The van der Waals surface area contributed by atoms with Crippen LogP contribution in [0.5, 0.6) is 0 Å². The largest absolute Gasteiger partial charge is 0.308 e. The third-order valence-corrected chi connectivity index (χ3v) is 5.97. The monoisotopic (exact) mass is 342 g/mol. The fourth-order valence-electron chi connectivity index (χ4n) is 4.58. The first kappa shape index (κ1) is 18.4. The molecule has 0 aliphatic carbocycles. The van der Waals surface area contributed by atoms with Gasteiger partial charge in [-0.15, -0.1) is 0 Å². The number of likely N-dealkylation sites (tertiary alicyclic amines) is 1. The van der Waals surface area contributed by atoms with Crippen LogP contribution in [0.3, 0.4) is 0 Å². The second-order valence-corrected chi connectivity index (χ2v) is 8.07. The Kier molecular flexibility index (Phi) is 6.16. The second-order valence-electron chi connectivity index (χ2n) is 8.07. The number of fused-ring (bicyclic) bond motifs is 3. The van der Waals surface area contributed by atoms with Gasteiger partial charge in [-0.25, -0.2) is 0 Å². The van der Waals surface area contributed by atoms with Gasteiger partial charge in [0.15, 0.2) is 0 Å². The number of carbonyl (C=O) groups is 1. The molecule has 0 N–H and O–H groups in total. The van der Waals surface area contributed by atoms with E-state index in [1.807, 2.05) is 0 Å². The molecule has 2 atom stereocenters. The summed E-state index contributed by atoms with van der Waals surface area (Å²) >= 11 is 0. The number of likely N-dealkylation sites (N-methyl/N-ethyl adjacent to an activating group) is 1. The minimum Gasteiger partial charge on any atom is -0.308 e. The van der Waals surface area contributed by atoms with Crippen molar-refractivity contribution >= 4 is 11.6 Å². The first-order valence-electron chi connectivity index (χ1n) is 10.2. The maximum atomic E-state index is 13.0. The van der Waals surface area contributed by atoms with E-state index >= 15 is 0 Å². The average Bonchev–Trinajstić information content (AvgIpc) is 2.91. The molecule has 1 saturated heterocycles. The van der Waals surface area contributed by atoms with Crippen LogP contribution in [0, 0.1) is 6.92 Å². The SMILES string of the molecule is CCCCCCCCC(=O)N1c2ccc(C)cc2[C@H]2CN(C)CC[C@H]21. The predicted molar refractivity (Wildman–Crippen MR) is 105 cm³/mol. The first-order chi connectivity index (χ1) is 12.1. The summed E-state index contributed by atoms with van der Waals surface area (Å²) in [5.74, 6) is 0.833. The molecule has 1 aromatic carbocycles. The molecular weight excluding hydrogens is 308 g/mol. The maximum Gasteiger partial charge on any atom is 0.227 e. The Morgan fingerprint density at radius 3 is 2.72 bits per heavy atom. The molecule has 3 nitrogen and oxygen atoms in total. The van der Waals surface area contributed by atoms with Gasteiger partial charge < -0.3 is 9.80 Å². The molecule has 3 heteroatoms. The topological polar surface area (TPSA) is 23.6 Å². The summed E-state index contributed by atoms with van der Waals surface area (Å²) in [6, 6.07) is 7.03. The van der Waals surface area contributed by atoms with Crippen LogP contribution in [0.2, 0.25) is 0 Å². The molecule has 0 unspecified atom stereocenters. The lowest BCUT2D eigenvalue weighted by Crippen LogP contribution is -2.47. The van der Waals surface area contributed by atoms with Crippen molar-refractivity contribution in [2.75, 3.05) is 25.0 Å². The number of carbonyl (C=O) groups excluding carboxylic acids is 1. The van der Waals surface area contributed by atoms with Crippen molar-refractivity contribution in [3.8, 4) is 0 Å². The summed E-state index contributed by atoms with van der Waals surface area (Å²) in [5, 5.41) is 0. The highest BCUT2D eigenvalue weighted by Crippen LogP contribution is 2.45. The van der Waals surface area contributed by atoms with E-state index in [-0.39, 0.29) is 0 Å². The summed E-state index contributed by atoms with van der Waals surface area (Å²) in [4.78, 5) is 17.6. The minimum atomic E-state index is 0.345. The molecule has 3 rings (SSSR count). The highest BCUT2D eigenvalue weighted by atomic mass is 16.2. The molecule has 1 fully saturated rings. The van der Waals surface area contributed by atoms with Crippen LogP contribution in [0.25, 0.3) is 0 Å². The fourth-order valence-corrected chi connectivity index (χ4v) is 4.58. The molecular formula is C22H34N2O. The van der Waals surface area contributed by atoms with Crippen LogP contribution in [-0.2, 0) is 4.79 Å². The van der Waals surface area contributed by atoms with Gasteiger partial charge >= 0.3 is 0 Å². The quantitative estimate of drug-likeness (QED) is 0.659. The lowest BCUT2D eigenvalue weighted by molar-refractivity contribution is -0.119. The number of rotatable bonds is 7. The van der Waals surface area contributed by atoms with Crippen molar-refractivity contribution in [2.45, 2.75) is 77.2 Å². The normalized spacial score (nSPS) is 22.8. The Bertz CT molecular complexity index is 598. The Morgan fingerprint density at radius 1 is 1.16 bits per heavy atom. The van der Waals surface area contributed by atoms with Crippen molar-refractivity contribution in [1.82, 2.24) is 4.90 Å². The van der Waals surface area contributed by atoms with Gasteiger partial charge in [0, 0.05) is 30.6 Å². The number of benzene rings is 1. The van der Waals surface area contributed by atoms with Crippen molar-refractivity contribution < 1.29 is 4.79 Å². The lowest BCUT2D eigenvalue weighted by atomic mass is 9.89. The molecule has 0 spiro atoms. The Labute approximate surface area is 153 Å². The molecule has 2 aliphatic heterocycles. The van der Waals surface area contributed by atoms with Crippen LogP contribution >= 0.6 is 0 Å². The van der Waals surface area contributed by atoms with Crippen LogP contribution in [0.15, 0.2) is 18.2 Å². The van der Waals surface area contributed by atoms with E-state index in [4.69, 9.17) is 0 Å². The molecule has 138 valence electrons. The van der Waals surface area contributed by atoms with Gasteiger partial charge in [0.2, 0.25) is 5.91 Å². The number of hydrogen-bond donors (Lipinski definition) is 0. The van der Waals surface area contributed by atoms with Gasteiger partial charge in [-0.1, -0.05) is 56.7 Å². The maximum absolute atomic E-state index is 13.0. The van der Waals surface area contributed by atoms with Crippen molar-refractivity contribution in [1.29, 1.82) is 0 Å². The third kappa shape index (κ3) is 4.08. The van der Waals surface area contributed by atoms with Crippen molar-refractivity contribution in [3.63, 3.8) is 0 Å². The lowest BCUT2D eigenvalue weighted by Gasteiger charge is -2.36. The standard InChI is InChI=1S/C22H34N2O/c1-4-5-6-7-8-9-10-22(25)24-20-12-11-17(2)15-18(20)19-16-23(3)14-13-21(19)24/h11-12,15,19,21H,4-10,13-14,16H2,1-3H3/t19-,21-/m1/s1. The Morgan fingerprint density at radius 2 is 1.92 bits per heavy atom. The van der Waals surface area contributed by atoms with Gasteiger partial charge in [-0.2, -0.15) is 0 Å². The number of anilines is 1. The smallest absolute Gasteiger partial charge is 0.227 e. The molecule has 25 heavy (non-hydrogen) atoms. The molecule has 2 heterocycles. The first-order valence-corrected chi connectivity index (χ1v) is 10.2. The van der Waals surface area contributed by atoms with E-state index in [9.17, 15) is 4.79 Å². The number of unbranched alkanes of at least 4 members (excludes halogenated alkanes) is 5. The summed E-state index contributed by atoms with van der Waals surface area (Å²) in [6.45, 7) is 6.56. The molecule has 0 radical (unpaired) electrons. The van der Waals surface area contributed by atoms with Crippen molar-refractivity contribution in [2.24, 2.45) is 0 Å². The molecule has 1 aromatic rings. The Balaban J connectivity index is 1.67. The number of aryl methyl sites for hydroxylation is 1. The van der Waals surface area contributed by atoms with Crippen LogP contribution in [0.4, 0.5) is 5.69 Å². The zero-order valence-electron chi connectivity index (χ0n) is 16.3. The van der Waals surface area contributed by atoms with Gasteiger partial charge in [-0.05, 0) is 45.0 Å². The van der Waals surface area contributed by atoms with E-state index in [1.54, 1.807) is 0 Å². The van der Waals surface area contributed by atoms with Crippen LogP contribution < -0.4 is 4.90 Å². The number of hydrogen-bond acceptors (Lipinski definition) is 2. The summed E-state index contributed by atoms with van der Waals surface area (Å²) < 4.78 is 0. The van der Waals surface area contributed by atoms with E-state index in [0.717, 1.165) is 25.9 Å². The fraction of sp³-hybridized carbons (Fsp3) is 0.682. The van der Waals surface area contributed by atoms with E-state index in [2.05, 4.69) is 48.9 Å². The number of piperidine rings is 1. The molecule has 0 saturated carbocycles. The Hall–Kier alpha value is -1.35. The average molecular weight is 343 g/mol. The molecule has 0 aromatic heterocycles. The van der Waals surface area contributed by atoms with Gasteiger partial charge in [-0.3, -0.25) is 4.79 Å². The predicted octanol–water partition coefficient (Wildman–Crippen LogP) is 4.88. The van der Waals surface area contributed by atoms with Gasteiger partial charge in [0.25, 0.3) is 0 Å². The summed E-state index contributed by atoms with van der Waals surface area (Å²) in [5.41, 5.74) is 3.88. The summed E-state index contributed by atoms with van der Waals surface area (Å²) in [7, 11) is 2.20. The van der Waals surface area contributed by atoms with Gasteiger partial charge in [0.1, 0.15) is 0 Å². The van der Waals surface area contributed by atoms with Crippen molar-refractivity contribution in [3.05, 3.63) is 29.3 Å². The minimum absolute atomic E-state index is 0.345. The zero-order valence-corrected chi connectivity index (χ0v) is 16.3. The highest BCUT2D eigenvalue weighted by Gasteiger charge is 2.43. The van der Waals surface area contributed by atoms with E-state index in [0.29, 0.717) is 24.3 Å². The molecule has 1 amide bonds. The highest BCUT2D eigenvalue weighted by molar-refractivity contribution is 5.96. The molecule has 2 aliphatic rings. The van der Waals surface area contributed by atoms with Crippen LogP contribution in [0.1, 0.15) is 75.3 Å². The van der Waals surface area contributed by atoms with E-state index in [1.165, 1.54) is 48.9 Å². The zero-order chi connectivity index (χ0) is 17.8. The number of amides is 1. The second kappa shape index (κ2) is 8.35.